The van der Waals surface area contributed by atoms with Gasteiger partial charge in [-0.2, -0.15) is 0 Å². The number of nitrogens with zero attached hydrogens (tertiary/aromatic N) is 3. The number of benzene rings is 1. The van der Waals surface area contributed by atoms with Crippen LogP contribution in [0, 0.1) is 6.92 Å². The number of anilines is 1. The van der Waals surface area contributed by atoms with Gasteiger partial charge in [-0.25, -0.2) is 4.98 Å². The molecule has 1 saturated heterocycles. The van der Waals surface area contributed by atoms with Crippen LogP contribution in [0.15, 0.2) is 36.7 Å². The van der Waals surface area contributed by atoms with Crippen LogP contribution >= 0.6 is 11.6 Å². The minimum absolute atomic E-state index is 0.0665. The molecule has 6 heteroatoms. The molecule has 0 spiro atoms. The Morgan fingerprint density at radius 1 is 1.36 bits per heavy atom. The van der Waals surface area contributed by atoms with E-state index in [1.807, 2.05) is 31.2 Å². The van der Waals surface area contributed by atoms with Crippen LogP contribution in [0.1, 0.15) is 11.3 Å². The zero-order chi connectivity index (χ0) is 15.4. The van der Waals surface area contributed by atoms with Crippen molar-refractivity contribution in [3.05, 3.63) is 52.9 Å². The van der Waals surface area contributed by atoms with Gasteiger partial charge in [0, 0.05) is 37.1 Å². The molecule has 0 aliphatic carbocycles. The molecule has 1 fully saturated rings. The molecule has 1 aromatic carbocycles. The summed E-state index contributed by atoms with van der Waals surface area (Å²) in [6.45, 7) is 5.00. The predicted octanol–water partition coefficient (Wildman–Crippen LogP) is 2.39. The number of aryl methyl sites for hydroxylation is 1. The maximum Gasteiger partial charge on any atom is 0.152 e. The minimum atomic E-state index is -0.0665. The molecule has 2 heterocycles. The lowest BCUT2D eigenvalue weighted by Crippen LogP contribution is -2.53. The molecule has 1 atom stereocenters. The Balaban J connectivity index is 1.72. The van der Waals surface area contributed by atoms with E-state index in [0.29, 0.717) is 6.61 Å². The fourth-order valence-corrected chi connectivity index (χ4v) is 2.78. The lowest BCUT2D eigenvalue weighted by atomic mass is 10.2. The highest BCUT2D eigenvalue weighted by Crippen LogP contribution is 2.20. The number of hydrogen-bond acceptors (Lipinski definition) is 5. The first-order chi connectivity index (χ1) is 10.7. The van der Waals surface area contributed by atoms with Crippen molar-refractivity contribution >= 4 is 17.4 Å². The molecule has 3 rings (SSSR count). The molecule has 0 amide bonds. The highest BCUT2D eigenvalue weighted by molar-refractivity contribution is 6.30. The Morgan fingerprint density at radius 2 is 2.23 bits per heavy atom. The van der Waals surface area contributed by atoms with Crippen LogP contribution in [0.3, 0.4) is 0 Å². The van der Waals surface area contributed by atoms with Gasteiger partial charge in [0.2, 0.25) is 0 Å². The SMILES string of the molecule is Cc1nccnc1N1CCNCC1OCc1cccc(Cl)c1. The first kappa shape index (κ1) is 15.2. The average Bonchev–Trinajstić information content (AvgIpc) is 2.54. The first-order valence-electron chi connectivity index (χ1n) is 7.35. The molecule has 1 aliphatic heterocycles. The zero-order valence-electron chi connectivity index (χ0n) is 12.5. The molecule has 0 saturated carbocycles. The number of rotatable bonds is 4. The van der Waals surface area contributed by atoms with Gasteiger partial charge in [0.1, 0.15) is 6.23 Å². The quantitative estimate of drug-likeness (QED) is 0.938. The summed E-state index contributed by atoms with van der Waals surface area (Å²) in [5, 5.41) is 4.09. The summed E-state index contributed by atoms with van der Waals surface area (Å²) in [5.74, 6) is 0.889. The van der Waals surface area contributed by atoms with E-state index in [1.54, 1.807) is 12.4 Å². The van der Waals surface area contributed by atoms with Gasteiger partial charge in [-0.3, -0.25) is 4.98 Å². The highest BCUT2D eigenvalue weighted by Gasteiger charge is 2.25. The summed E-state index contributed by atoms with van der Waals surface area (Å²) in [7, 11) is 0. The number of hydrogen-bond donors (Lipinski definition) is 1. The van der Waals surface area contributed by atoms with Gasteiger partial charge in [-0.05, 0) is 24.6 Å². The third-order valence-corrected chi connectivity index (χ3v) is 3.89. The van der Waals surface area contributed by atoms with Crippen LogP contribution in [0.25, 0.3) is 0 Å². The van der Waals surface area contributed by atoms with Crippen molar-refractivity contribution in [2.75, 3.05) is 24.5 Å². The van der Waals surface area contributed by atoms with Crippen molar-refractivity contribution < 1.29 is 4.74 Å². The number of nitrogens with one attached hydrogen (secondary N) is 1. The lowest BCUT2D eigenvalue weighted by Gasteiger charge is -2.37. The Kier molecular flexibility index (Phi) is 4.87. The third kappa shape index (κ3) is 3.55. The molecular weight excluding hydrogens is 300 g/mol. The number of piperazine rings is 1. The largest absolute Gasteiger partial charge is 0.352 e. The smallest absolute Gasteiger partial charge is 0.152 e. The summed E-state index contributed by atoms with van der Waals surface area (Å²) in [5.41, 5.74) is 1.98. The normalized spacial score (nSPS) is 18.5. The van der Waals surface area contributed by atoms with Crippen LogP contribution in [-0.2, 0) is 11.3 Å². The second-order valence-electron chi connectivity index (χ2n) is 5.26. The lowest BCUT2D eigenvalue weighted by molar-refractivity contribution is 0.0304. The Morgan fingerprint density at radius 3 is 3.05 bits per heavy atom. The average molecular weight is 319 g/mol. The Labute approximate surface area is 135 Å². The van der Waals surface area contributed by atoms with Crippen molar-refractivity contribution in [1.82, 2.24) is 15.3 Å². The fraction of sp³-hybridized carbons (Fsp3) is 0.375. The maximum atomic E-state index is 6.08. The summed E-state index contributed by atoms with van der Waals surface area (Å²) in [4.78, 5) is 10.9. The van der Waals surface area contributed by atoms with E-state index >= 15 is 0 Å². The van der Waals surface area contributed by atoms with E-state index in [-0.39, 0.29) is 6.23 Å². The minimum Gasteiger partial charge on any atom is -0.352 e. The number of aromatic nitrogens is 2. The van der Waals surface area contributed by atoms with Crippen LogP contribution in [-0.4, -0.2) is 35.8 Å². The van der Waals surface area contributed by atoms with E-state index in [9.17, 15) is 0 Å². The van der Waals surface area contributed by atoms with Crippen LogP contribution in [0.2, 0.25) is 5.02 Å². The van der Waals surface area contributed by atoms with Crippen LogP contribution < -0.4 is 10.2 Å². The maximum absolute atomic E-state index is 6.08. The molecule has 116 valence electrons. The summed E-state index contributed by atoms with van der Waals surface area (Å²) < 4.78 is 6.08. The molecule has 1 unspecified atom stereocenters. The molecule has 1 N–H and O–H groups in total. The Bertz CT molecular complexity index is 637. The van der Waals surface area contributed by atoms with E-state index in [1.165, 1.54) is 0 Å². The molecule has 0 radical (unpaired) electrons. The van der Waals surface area contributed by atoms with Crippen LogP contribution in [0.5, 0.6) is 0 Å². The van der Waals surface area contributed by atoms with Crippen molar-refractivity contribution in [3.8, 4) is 0 Å². The fourth-order valence-electron chi connectivity index (χ4n) is 2.57. The molecule has 5 nitrogen and oxygen atoms in total. The van der Waals surface area contributed by atoms with Crippen molar-refractivity contribution in [2.45, 2.75) is 19.8 Å². The van der Waals surface area contributed by atoms with E-state index in [0.717, 1.165) is 41.7 Å². The Hall–Kier alpha value is -1.69. The number of ether oxygens (including phenoxy) is 1. The van der Waals surface area contributed by atoms with Gasteiger partial charge in [0.25, 0.3) is 0 Å². The summed E-state index contributed by atoms with van der Waals surface area (Å²) >= 11 is 6.02. The van der Waals surface area contributed by atoms with Gasteiger partial charge >= 0.3 is 0 Å². The molecule has 0 bridgehead atoms. The molecule has 22 heavy (non-hydrogen) atoms. The molecule has 1 aromatic heterocycles. The second kappa shape index (κ2) is 7.05. The second-order valence-corrected chi connectivity index (χ2v) is 5.69. The predicted molar refractivity (Wildman–Crippen MR) is 87.0 cm³/mol. The van der Waals surface area contributed by atoms with Crippen molar-refractivity contribution in [3.63, 3.8) is 0 Å². The van der Waals surface area contributed by atoms with Crippen molar-refractivity contribution in [2.24, 2.45) is 0 Å². The van der Waals surface area contributed by atoms with E-state index in [2.05, 4.69) is 20.2 Å². The monoisotopic (exact) mass is 318 g/mol. The summed E-state index contributed by atoms with van der Waals surface area (Å²) in [6.07, 6.45) is 3.37. The van der Waals surface area contributed by atoms with Gasteiger partial charge in [0.15, 0.2) is 5.82 Å². The van der Waals surface area contributed by atoms with Crippen LogP contribution in [0.4, 0.5) is 5.82 Å². The zero-order valence-corrected chi connectivity index (χ0v) is 13.3. The van der Waals surface area contributed by atoms with Gasteiger partial charge < -0.3 is 15.0 Å². The first-order valence-corrected chi connectivity index (χ1v) is 7.73. The van der Waals surface area contributed by atoms with Gasteiger partial charge in [-0.15, -0.1) is 0 Å². The molecule has 1 aliphatic rings. The van der Waals surface area contributed by atoms with E-state index in [4.69, 9.17) is 16.3 Å². The molecular formula is C16H19ClN4O. The topological polar surface area (TPSA) is 50.3 Å². The van der Waals surface area contributed by atoms with E-state index < -0.39 is 0 Å². The molecule has 2 aromatic rings. The highest BCUT2D eigenvalue weighted by atomic mass is 35.5. The summed E-state index contributed by atoms with van der Waals surface area (Å²) in [6, 6.07) is 7.74. The number of halogens is 1. The third-order valence-electron chi connectivity index (χ3n) is 3.65. The van der Waals surface area contributed by atoms with Gasteiger partial charge in [-0.1, -0.05) is 23.7 Å². The standard InChI is InChI=1S/C16H19ClN4O/c1-12-16(20-6-5-19-12)21-8-7-18-10-15(21)22-11-13-3-2-4-14(17)9-13/h2-6,9,15,18H,7-8,10-11H2,1H3. The van der Waals surface area contributed by atoms with Crippen molar-refractivity contribution in [1.29, 1.82) is 0 Å². The van der Waals surface area contributed by atoms with Gasteiger partial charge in [0.05, 0.1) is 12.3 Å².